The van der Waals surface area contributed by atoms with E-state index in [0.717, 1.165) is 5.76 Å². The number of allylic oxidation sites excluding steroid dienone is 5. The van der Waals surface area contributed by atoms with Gasteiger partial charge in [0.1, 0.15) is 0 Å². The Morgan fingerprint density at radius 2 is 1.39 bits per heavy atom. The van der Waals surface area contributed by atoms with Crippen LogP contribution in [0.1, 0.15) is 11.1 Å². The summed E-state index contributed by atoms with van der Waals surface area (Å²) in [5.41, 5.74) is 3.67. The fraction of sp³-hybridized carbons (Fsp3) is 0.0476. The van der Waals surface area contributed by atoms with Gasteiger partial charge in [-0.2, -0.15) is 0 Å². The number of hydrogen-bond donors (Lipinski definition) is 0. The van der Waals surface area contributed by atoms with Gasteiger partial charge >= 0.3 is 148 Å². The molecule has 1 nitrogen and oxygen atoms in total. The zero-order valence-corrected chi connectivity index (χ0v) is 15.1. The molecule has 0 saturated carbocycles. The third-order valence-corrected chi connectivity index (χ3v) is 6.05. The monoisotopic (exact) mass is 413 g/mol. The number of ether oxygens (including phenoxy) is 1. The van der Waals surface area contributed by atoms with E-state index in [2.05, 4.69) is 70.8 Å². The molecular weight excluding hydrogens is 395 g/mol. The summed E-state index contributed by atoms with van der Waals surface area (Å²) in [6, 6.07) is 21.1. The predicted octanol–water partition coefficient (Wildman–Crippen LogP) is 2.26. The number of methoxy groups -OCH3 is 1. The molecule has 2 heteroatoms. The third kappa shape index (κ3) is 3.82. The Balaban J connectivity index is 2.28. The molecule has 0 aromatic heterocycles. The van der Waals surface area contributed by atoms with Crippen molar-refractivity contribution in [3.05, 3.63) is 106 Å². The van der Waals surface area contributed by atoms with Crippen molar-refractivity contribution in [2.45, 2.75) is 0 Å². The van der Waals surface area contributed by atoms with Crippen LogP contribution in [0.2, 0.25) is 0 Å². The van der Waals surface area contributed by atoms with Crippen LogP contribution < -0.4 is 21.2 Å². The van der Waals surface area contributed by atoms with Crippen LogP contribution in [0.4, 0.5) is 0 Å². The minimum absolute atomic E-state index is 0.265. The van der Waals surface area contributed by atoms with Gasteiger partial charge in [0.25, 0.3) is 0 Å². The van der Waals surface area contributed by atoms with E-state index in [4.69, 9.17) is 4.74 Å². The topological polar surface area (TPSA) is 9.23 Å². The SMILES string of the molecule is COC1=CC=CC=C[I-]C(c2ccccc2)=C1c1ccccc1. The van der Waals surface area contributed by atoms with Gasteiger partial charge in [-0.1, -0.05) is 0 Å². The molecule has 1 aliphatic heterocycles. The summed E-state index contributed by atoms with van der Waals surface area (Å²) in [5, 5.41) is 0. The van der Waals surface area contributed by atoms with E-state index in [0.29, 0.717) is 0 Å². The van der Waals surface area contributed by atoms with Gasteiger partial charge in [0.15, 0.2) is 0 Å². The molecule has 23 heavy (non-hydrogen) atoms. The van der Waals surface area contributed by atoms with Crippen LogP contribution in [0.5, 0.6) is 0 Å². The normalized spacial score (nSPS) is 15.1. The molecule has 0 aliphatic carbocycles. The zero-order valence-electron chi connectivity index (χ0n) is 12.9. The molecule has 0 atom stereocenters. The molecule has 3 rings (SSSR count). The van der Waals surface area contributed by atoms with E-state index in [1.54, 1.807) is 7.11 Å². The van der Waals surface area contributed by atoms with Gasteiger partial charge in [-0.25, -0.2) is 0 Å². The van der Waals surface area contributed by atoms with Crippen molar-refractivity contribution >= 4 is 9.15 Å². The van der Waals surface area contributed by atoms with E-state index in [1.807, 2.05) is 18.2 Å². The zero-order chi connectivity index (χ0) is 15.9. The molecular formula is C21H18IO-. The quantitative estimate of drug-likeness (QED) is 0.702. The van der Waals surface area contributed by atoms with E-state index >= 15 is 0 Å². The summed E-state index contributed by atoms with van der Waals surface area (Å²) in [4.78, 5) is 0. The van der Waals surface area contributed by atoms with Gasteiger partial charge in [-0.05, 0) is 0 Å². The Labute approximate surface area is 148 Å². The molecule has 0 fully saturated rings. The molecule has 0 amide bonds. The number of rotatable bonds is 3. The second-order valence-electron chi connectivity index (χ2n) is 4.97. The molecule has 0 unspecified atom stereocenters. The Morgan fingerprint density at radius 3 is 2.04 bits per heavy atom. The predicted molar refractivity (Wildman–Crippen MR) is 93.1 cm³/mol. The molecule has 2 aromatic carbocycles. The molecule has 0 bridgehead atoms. The van der Waals surface area contributed by atoms with Crippen molar-refractivity contribution in [1.29, 1.82) is 0 Å². The minimum atomic E-state index is -0.265. The van der Waals surface area contributed by atoms with Crippen LogP contribution in [0.25, 0.3) is 9.15 Å². The van der Waals surface area contributed by atoms with E-state index in [1.165, 1.54) is 20.3 Å². The first kappa shape index (κ1) is 15.8. The molecule has 0 saturated heterocycles. The summed E-state index contributed by atoms with van der Waals surface area (Å²) >= 11 is -0.265. The summed E-state index contributed by atoms with van der Waals surface area (Å²) in [7, 11) is 1.74. The van der Waals surface area contributed by atoms with E-state index < -0.39 is 0 Å². The maximum absolute atomic E-state index is 5.74. The van der Waals surface area contributed by atoms with Crippen molar-refractivity contribution < 1.29 is 25.9 Å². The van der Waals surface area contributed by atoms with Crippen LogP contribution in [-0.4, -0.2) is 7.11 Å². The van der Waals surface area contributed by atoms with Crippen LogP contribution in [0.15, 0.2) is 94.8 Å². The van der Waals surface area contributed by atoms with Crippen molar-refractivity contribution in [3.8, 4) is 0 Å². The van der Waals surface area contributed by atoms with Crippen molar-refractivity contribution in [2.75, 3.05) is 7.11 Å². The summed E-state index contributed by atoms with van der Waals surface area (Å²) < 4.78 is 9.42. The van der Waals surface area contributed by atoms with Crippen LogP contribution in [-0.2, 0) is 4.74 Å². The molecule has 1 aliphatic rings. The van der Waals surface area contributed by atoms with Crippen LogP contribution in [0, 0.1) is 0 Å². The van der Waals surface area contributed by atoms with Crippen LogP contribution >= 0.6 is 0 Å². The standard InChI is InChI=1S/C21H18IO/c1-23-19-15-9-4-10-16-22-21(18-13-7-3-8-14-18)20(19)17-11-5-2-6-12-17/h2-16H,1H3/q-1. The fourth-order valence-electron chi connectivity index (χ4n) is 2.43. The first-order chi connectivity index (χ1) is 11.4. The Bertz CT molecular complexity index is 768. The third-order valence-electron chi connectivity index (χ3n) is 3.49. The summed E-state index contributed by atoms with van der Waals surface area (Å²) in [6.45, 7) is 0. The van der Waals surface area contributed by atoms with Gasteiger partial charge in [0, 0.05) is 0 Å². The number of halogens is 1. The molecule has 2 aromatic rings. The van der Waals surface area contributed by atoms with Gasteiger partial charge in [0.05, 0.1) is 0 Å². The number of hydrogen-bond acceptors (Lipinski definition) is 1. The summed E-state index contributed by atoms with van der Waals surface area (Å²) in [6.07, 6.45) is 8.28. The Kier molecular flexibility index (Phi) is 5.48. The van der Waals surface area contributed by atoms with E-state index in [9.17, 15) is 0 Å². The van der Waals surface area contributed by atoms with Crippen molar-refractivity contribution in [1.82, 2.24) is 0 Å². The molecule has 0 radical (unpaired) electrons. The van der Waals surface area contributed by atoms with Gasteiger partial charge < -0.3 is 0 Å². The van der Waals surface area contributed by atoms with Gasteiger partial charge in [-0.15, -0.1) is 0 Å². The first-order valence-electron chi connectivity index (χ1n) is 7.46. The van der Waals surface area contributed by atoms with E-state index in [-0.39, 0.29) is 21.2 Å². The Hall–Kier alpha value is -2.07. The van der Waals surface area contributed by atoms with Gasteiger partial charge in [0.2, 0.25) is 0 Å². The van der Waals surface area contributed by atoms with Crippen LogP contribution in [0.3, 0.4) is 0 Å². The van der Waals surface area contributed by atoms with Crippen molar-refractivity contribution in [2.24, 2.45) is 0 Å². The average molecular weight is 413 g/mol. The second kappa shape index (κ2) is 7.97. The molecule has 116 valence electrons. The first-order valence-corrected chi connectivity index (χ1v) is 9.79. The Morgan fingerprint density at radius 1 is 0.739 bits per heavy atom. The molecule has 1 heterocycles. The van der Waals surface area contributed by atoms with Crippen molar-refractivity contribution in [3.63, 3.8) is 0 Å². The van der Waals surface area contributed by atoms with Gasteiger partial charge in [-0.3, -0.25) is 0 Å². The molecule has 0 N–H and O–H groups in total. The number of benzene rings is 2. The average Bonchev–Trinajstić information content (AvgIpc) is 2.73. The molecule has 0 spiro atoms. The second-order valence-corrected chi connectivity index (χ2v) is 7.39. The fourth-order valence-corrected chi connectivity index (χ4v) is 4.84. The maximum atomic E-state index is 5.74. The summed E-state index contributed by atoms with van der Waals surface area (Å²) in [5.74, 6) is 0.912.